The molecule has 0 spiro atoms. The summed E-state index contributed by atoms with van der Waals surface area (Å²) < 4.78 is 10.4. The molecule has 0 radical (unpaired) electrons. The Hall–Kier alpha value is -2.39. The molecule has 0 atom stereocenters. The van der Waals surface area contributed by atoms with Crippen LogP contribution in [0.25, 0.3) is 22.2 Å². The van der Waals surface area contributed by atoms with Crippen molar-refractivity contribution in [3.8, 4) is 28.2 Å². The number of furan rings is 1. The third-order valence-corrected chi connectivity index (χ3v) is 3.41. The maximum atomic E-state index is 8.96. The number of aryl methyl sites for hydroxylation is 1. The Bertz CT molecular complexity index is 732. The first-order valence-electron chi connectivity index (χ1n) is 5.15. The number of nitriles is 1. The summed E-state index contributed by atoms with van der Waals surface area (Å²) in [5, 5.41) is 14.7. The second kappa shape index (κ2) is 4.13. The van der Waals surface area contributed by atoms with Crippen LogP contribution in [0.1, 0.15) is 11.3 Å². The van der Waals surface area contributed by atoms with E-state index in [1.54, 1.807) is 18.4 Å². The van der Waals surface area contributed by atoms with E-state index in [1.165, 1.54) is 11.3 Å². The quantitative estimate of drug-likeness (QED) is 0.704. The normalized spacial score (nSPS) is 10.4. The van der Waals surface area contributed by atoms with Gasteiger partial charge >= 0.3 is 0 Å². The molecule has 3 aromatic rings. The zero-order valence-electron chi connectivity index (χ0n) is 9.38. The summed E-state index contributed by atoms with van der Waals surface area (Å²) in [7, 11) is 0. The zero-order valence-corrected chi connectivity index (χ0v) is 10.2. The molecule has 0 aliphatic heterocycles. The van der Waals surface area contributed by atoms with Gasteiger partial charge in [-0.15, -0.1) is 11.3 Å². The third kappa shape index (κ3) is 1.61. The molecule has 3 aromatic heterocycles. The fourth-order valence-electron chi connectivity index (χ4n) is 1.60. The van der Waals surface area contributed by atoms with E-state index in [1.807, 2.05) is 12.3 Å². The van der Waals surface area contributed by atoms with E-state index >= 15 is 0 Å². The molecule has 3 heterocycles. The van der Waals surface area contributed by atoms with E-state index in [0.717, 1.165) is 11.3 Å². The standard InChI is InChI=1S/C12H7N3O2S/c1-7-9(2-4-16-7)11-14-12(17-15-11)10-8(6-13)3-5-18-10/h2-5H,1H3. The zero-order chi connectivity index (χ0) is 12.5. The van der Waals surface area contributed by atoms with Gasteiger partial charge in [0.2, 0.25) is 5.82 Å². The van der Waals surface area contributed by atoms with Crippen LogP contribution in [0.15, 0.2) is 32.7 Å². The number of rotatable bonds is 2. The summed E-state index contributed by atoms with van der Waals surface area (Å²) in [6.07, 6.45) is 1.58. The minimum absolute atomic E-state index is 0.358. The van der Waals surface area contributed by atoms with Gasteiger partial charge in [-0.25, -0.2) is 0 Å². The van der Waals surface area contributed by atoms with Gasteiger partial charge in [0.15, 0.2) is 0 Å². The average Bonchev–Trinajstić information content (AvgIpc) is 3.06. The van der Waals surface area contributed by atoms with Crippen LogP contribution < -0.4 is 0 Å². The van der Waals surface area contributed by atoms with Crippen molar-refractivity contribution < 1.29 is 8.94 Å². The van der Waals surface area contributed by atoms with Gasteiger partial charge in [0.25, 0.3) is 5.89 Å². The number of thiophene rings is 1. The van der Waals surface area contributed by atoms with Crippen LogP contribution in [0.4, 0.5) is 0 Å². The molecule has 0 N–H and O–H groups in total. The summed E-state index contributed by atoms with van der Waals surface area (Å²) in [6, 6.07) is 5.60. The summed E-state index contributed by atoms with van der Waals surface area (Å²) in [4.78, 5) is 4.98. The summed E-state index contributed by atoms with van der Waals surface area (Å²) >= 11 is 1.40. The highest BCUT2D eigenvalue weighted by Gasteiger charge is 2.17. The van der Waals surface area contributed by atoms with E-state index in [4.69, 9.17) is 14.2 Å². The molecule has 88 valence electrons. The lowest BCUT2D eigenvalue weighted by molar-refractivity contribution is 0.433. The SMILES string of the molecule is Cc1occc1-c1noc(-c2sccc2C#N)n1. The Morgan fingerprint density at radius 1 is 1.39 bits per heavy atom. The minimum Gasteiger partial charge on any atom is -0.469 e. The van der Waals surface area contributed by atoms with Crippen molar-refractivity contribution in [3.05, 3.63) is 35.1 Å². The fraction of sp³-hybridized carbons (Fsp3) is 0.0833. The second-order valence-electron chi connectivity index (χ2n) is 3.59. The molecule has 0 amide bonds. The largest absolute Gasteiger partial charge is 0.469 e. The van der Waals surface area contributed by atoms with E-state index in [-0.39, 0.29) is 0 Å². The highest BCUT2D eigenvalue weighted by Crippen LogP contribution is 2.30. The van der Waals surface area contributed by atoms with Crippen molar-refractivity contribution in [2.45, 2.75) is 6.92 Å². The lowest BCUT2D eigenvalue weighted by Crippen LogP contribution is -1.80. The molecule has 0 aliphatic carbocycles. The molecule has 0 aliphatic rings. The van der Waals surface area contributed by atoms with Gasteiger partial charge in [0.1, 0.15) is 16.7 Å². The van der Waals surface area contributed by atoms with Gasteiger partial charge in [0.05, 0.1) is 17.4 Å². The van der Waals surface area contributed by atoms with Crippen LogP contribution in [0.2, 0.25) is 0 Å². The number of hydrogen-bond acceptors (Lipinski definition) is 6. The Morgan fingerprint density at radius 2 is 2.28 bits per heavy atom. The highest BCUT2D eigenvalue weighted by molar-refractivity contribution is 7.13. The molecule has 0 saturated heterocycles. The summed E-state index contributed by atoms with van der Waals surface area (Å²) in [5.74, 6) is 1.56. The molecule has 6 heteroatoms. The summed E-state index contributed by atoms with van der Waals surface area (Å²) in [6.45, 7) is 1.83. The average molecular weight is 257 g/mol. The van der Waals surface area contributed by atoms with E-state index in [2.05, 4.69) is 16.2 Å². The highest BCUT2D eigenvalue weighted by atomic mass is 32.1. The second-order valence-corrected chi connectivity index (χ2v) is 4.50. The lowest BCUT2D eigenvalue weighted by Gasteiger charge is -1.88. The van der Waals surface area contributed by atoms with E-state index < -0.39 is 0 Å². The first-order valence-corrected chi connectivity index (χ1v) is 6.03. The van der Waals surface area contributed by atoms with Gasteiger partial charge in [0, 0.05) is 0 Å². The Morgan fingerprint density at radius 3 is 3.00 bits per heavy atom. The Kier molecular flexibility index (Phi) is 2.46. The molecule has 0 unspecified atom stereocenters. The van der Waals surface area contributed by atoms with Gasteiger partial charge in [-0.3, -0.25) is 0 Å². The van der Waals surface area contributed by atoms with Crippen molar-refractivity contribution >= 4 is 11.3 Å². The van der Waals surface area contributed by atoms with Crippen LogP contribution >= 0.6 is 11.3 Å². The van der Waals surface area contributed by atoms with Crippen LogP contribution in [0.5, 0.6) is 0 Å². The topological polar surface area (TPSA) is 75.8 Å². The minimum atomic E-state index is 0.358. The number of hydrogen-bond donors (Lipinski definition) is 0. The first kappa shape index (κ1) is 10.7. The molecular formula is C12H7N3O2S. The van der Waals surface area contributed by atoms with Crippen molar-refractivity contribution in [1.29, 1.82) is 5.26 Å². The van der Waals surface area contributed by atoms with Crippen molar-refractivity contribution in [2.75, 3.05) is 0 Å². The van der Waals surface area contributed by atoms with Crippen LogP contribution in [0, 0.1) is 18.3 Å². The molecular weight excluding hydrogens is 250 g/mol. The van der Waals surface area contributed by atoms with Crippen molar-refractivity contribution in [2.24, 2.45) is 0 Å². The van der Waals surface area contributed by atoms with Gasteiger partial charge < -0.3 is 8.94 Å². The van der Waals surface area contributed by atoms with E-state index in [9.17, 15) is 0 Å². The lowest BCUT2D eigenvalue weighted by atomic mass is 10.2. The molecule has 0 bridgehead atoms. The maximum absolute atomic E-state index is 8.96. The van der Waals surface area contributed by atoms with Gasteiger partial charge in [-0.2, -0.15) is 10.2 Å². The van der Waals surface area contributed by atoms with Crippen molar-refractivity contribution in [1.82, 2.24) is 10.1 Å². The van der Waals surface area contributed by atoms with E-state index in [0.29, 0.717) is 22.2 Å². The Labute approximate surface area is 106 Å². The number of aromatic nitrogens is 2. The molecule has 3 rings (SSSR count). The van der Waals surface area contributed by atoms with Gasteiger partial charge in [-0.05, 0) is 24.4 Å². The molecule has 18 heavy (non-hydrogen) atoms. The monoisotopic (exact) mass is 257 g/mol. The number of nitrogens with zero attached hydrogens (tertiary/aromatic N) is 3. The van der Waals surface area contributed by atoms with Crippen molar-refractivity contribution in [3.63, 3.8) is 0 Å². The molecule has 5 nitrogen and oxygen atoms in total. The fourth-order valence-corrected chi connectivity index (χ4v) is 2.37. The molecule has 0 fully saturated rings. The molecule has 0 aromatic carbocycles. The first-order chi connectivity index (χ1) is 8.79. The van der Waals surface area contributed by atoms with Gasteiger partial charge in [-0.1, -0.05) is 5.16 Å². The maximum Gasteiger partial charge on any atom is 0.269 e. The van der Waals surface area contributed by atoms with Crippen LogP contribution in [-0.4, -0.2) is 10.1 Å². The predicted molar refractivity (Wildman–Crippen MR) is 64.8 cm³/mol. The third-order valence-electron chi connectivity index (χ3n) is 2.51. The smallest absolute Gasteiger partial charge is 0.269 e. The Balaban J connectivity index is 2.06. The summed E-state index contributed by atoms with van der Waals surface area (Å²) in [5.41, 5.74) is 1.33. The predicted octanol–water partition coefficient (Wildman–Crippen LogP) is 3.24. The van der Waals surface area contributed by atoms with Crippen LogP contribution in [-0.2, 0) is 0 Å². The van der Waals surface area contributed by atoms with Crippen LogP contribution in [0.3, 0.4) is 0 Å². The molecule has 0 saturated carbocycles.